The number of nitrogens with zero attached hydrogens (tertiary/aromatic N) is 3. The largest absolute Gasteiger partial charge is 0.351 e. The lowest BCUT2D eigenvalue weighted by atomic mass is 9.91. The van der Waals surface area contributed by atoms with Gasteiger partial charge in [-0.2, -0.15) is 0 Å². The number of aromatic nitrogens is 1. The summed E-state index contributed by atoms with van der Waals surface area (Å²) in [5.74, 6) is -0.453. The third kappa shape index (κ3) is 4.91. The summed E-state index contributed by atoms with van der Waals surface area (Å²) in [6, 6.07) is 7.99. The molecule has 9 heteroatoms. The second-order valence-electron chi connectivity index (χ2n) is 9.97. The molecule has 2 aliphatic heterocycles. The maximum Gasteiger partial charge on any atom is 0.254 e. The van der Waals surface area contributed by atoms with E-state index in [0.29, 0.717) is 30.3 Å². The molecule has 0 spiro atoms. The lowest BCUT2D eigenvalue weighted by Crippen LogP contribution is -2.40. The third-order valence-electron chi connectivity index (χ3n) is 7.77. The van der Waals surface area contributed by atoms with Gasteiger partial charge < -0.3 is 9.88 Å². The van der Waals surface area contributed by atoms with Gasteiger partial charge in [-0.25, -0.2) is 17.7 Å². The van der Waals surface area contributed by atoms with Gasteiger partial charge in [-0.1, -0.05) is 23.8 Å². The van der Waals surface area contributed by atoms with Crippen LogP contribution in [-0.2, 0) is 14.8 Å². The molecule has 1 aromatic heterocycles. The number of amides is 2. The highest BCUT2D eigenvalue weighted by atomic mass is 32.2. The van der Waals surface area contributed by atoms with Gasteiger partial charge >= 0.3 is 0 Å². The monoisotopic (exact) mass is 512 g/mol. The van der Waals surface area contributed by atoms with Gasteiger partial charge in [0.05, 0.1) is 17.2 Å². The van der Waals surface area contributed by atoms with Crippen molar-refractivity contribution in [3.8, 4) is 0 Å². The van der Waals surface area contributed by atoms with Gasteiger partial charge in [-0.05, 0) is 65.5 Å². The van der Waals surface area contributed by atoms with Crippen LogP contribution >= 0.6 is 0 Å². The summed E-state index contributed by atoms with van der Waals surface area (Å²) in [6.07, 6.45) is 3.44. The van der Waals surface area contributed by atoms with Crippen LogP contribution < -0.4 is 5.32 Å². The lowest BCUT2D eigenvalue weighted by molar-refractivity contribution is -0.120. The average Bonchev–Trinajstić information content (AvgIpc) is 3.14. The Morgan fingerprint density at radius 3 is 2.47 bits per heavy atom. The van der Waals surface area contributed by atoms with E-state index < -0.39 is 15.9 Å². The van der Waals surface area contributed by atoms with Gasteiger partial charge in [0.2, 0.25) is 10.0 Å². The fraction of sp³-hybridized carbons (Fsp3) is 0.519. The van der Waals surface area contributed by atoms with Gasteiger partial charge in [-0.15, -0.1) is 0 Å². The van der Waals surface area contributed by atoms with Gasteiger partial charge in [0.25, 0.3) is 11.8 Å². The molecule has 1 saturated heterocycles. The summed E-state index contributed by atoms with van der Waals surface area (Å²) in [5, 5.41) is 3.86. The first-order valence-electron chi connectivity index (χ1n) is 12.7. The molecule has 1 unspecified atom stereocenters. The van der Waals surface area contributed by atoms with E-state index in [9.17, 15) is 18.0 Å². The minimum absolute atomic E-state index is 0.102. The number of benzene rings is 1. The minimum atomic E-state index is -3.17. The smallest absolute Gasteiger partial charge is 0.254 e. The summed E-state index contributed by atoms with van der Waals surface area (Å²) in [4.78, 5) is 29.9. The number of dihydropyridines is 1. The summed E-state index contributed by atoms with van der Waals surface area (Å²) < 4.78 is 28.4. The van der Waals surface area contributed by atoms with Crippen LogP contribution in [0.5, 0.6) is 0 Å². The molecule has 1 fully saturated rings. The third-order valence-corrected chi connectivity index (χ3v) is 9.65. The lowest BCUT2D eigenvalue weighted by Gasteiger charge is -2.35. The normalized spacial score (nSPS) is 20.8. The van der Waals surface area contributed by atoms with Crippen molar-refractivity contribution in [3.05, 3.63) is 47.2 Å². The highest BCUT2D eigenvalue weighted by Crippen LogP contribution is 2.36. The second-order valence-corrected chi connectivity index (χ2v) is 12.2. The molecular weight excluding hydrogens is 476 g/mol. The van der Waals surface area contributed by atoms with E-state index in [-0.39, 0.29) is 30.2 Å². The van der Waals surface area contributed by atoms with Crippen molar-refractivity contribution < 1.29 is 18.0 Å². The van der Waals surface area contributed by atoms with Crippen molar-refractivity contribution in [1.29, 1.82) is 0 Å². The molecule has 8 nitrogen and oxygen atoms in total. The molecule has 2 atom stereocenters. The Morgan fingerprint density at radius 2 is 1.83 bits per heavy atom. The molecule has 2 aliphatic rings. The zero-order chi connectivity index (χ0) is 26.2. The van der Waals surface area contributed by atoms with Gasteiger partial charge in [0.1, 0.15) is 0 Å². The van der Waals surface area contributed by atoms with Crippen molar-refractivity contribution >= 4 is 38.5 Å². The number of piperidine rings is 1. The number of hydrogen-bond acceptors (Lipinski definition) is 4. The van der Waals surface area contributed by atoms with Crippen LogP contribution in [0.15, 0.2) is 40.9 Å². The molecule has 0 saturated carbocycles. The standard InChI is InChI=1S/C27H36N4O4S/c1-6-36(34,35)30-13-11-21(12-14-30)19(4)31-20(5)25(22-9-7-8-10-24(22)31)27(33)28-16-23-17(2)15-18(3)29-26(23)32/h7-10,15,19,21,23H,6,11-14,16H2,1-5H3,(H,28,33)/t19-,23?/m1/s1. The van der Waals surface area contributed by atoms with E-state index in [1.807, 2.05) is 44.2 Å². The van der Waals surface area contributed by atoms with Crippen molar-refractivity contribution in [2.24, 2.45) is 16.8 Å². The first-order chi connectivity index (χ1) is 17.0. The number of fused-ring (bicyclic) bond motifs is 1. The highest BCUT2D eigenvalue weighted by Gasteiger charge is 2.32. The van der Waals surface area contributed by atoms with Gasteiger partial charge in [0.15, 0.2) is 0 Å². The molecule has 36 heavy (non-hydrogen) atoms. The molecule has 2 aromatic rings. The van der Waals surface area contributed by atoms with Crippen LogP contribution in [0.4, 0.5) is 0 Å². The molecule has 0 bridgehead atoms. The average molecular weight is 513 g/mol. The highest BCUT2D eigenvalue weighted by molar-refractivity contribution is 7.89. The molecule has 3 heterocycles. The molecule has 4 rings (SSSR count). The Bertz CT molecular complexity index is 1350. The number of sulfonamides is 1. The summed E-state index contributed by atoms with van der Waals surface area (Å²) in [6.45, 7) is 10.8. The van der Waals surface area contributed by atoms with Gasteiger partial charge in [0, 0.05) is 48.0 Å². The quantitative estimate of drug-likeness (QED) is 0.609. The number of hydrogen-bond donors (Lipinski definition) is 1. The summed E-state index contributed by atoms with van der Waals surface area (Å²) >= 11 is 0. The van der Waals surface area contributed by atoms with Crippen LogP contribution in [0.1, 0.15) is 62.6 Å². The Morgan fingerprint density at radius 1 is 1.17 bits per heavy atom. The number of para-hydroxylation sites is 1. The van der Waals surface area contributed by atoms with E-state index in [1.54, 1.807) is 18.2 Å². The van der Waals surface area contributed by atoms with E-state index in [4.69, 9.17) is 0 Å². The molecule has 1 aromatic carbocycles. The predicted octanol–water partition coefficient (Wildman–Crippen LogP) is 3.87. The topological polar surface area (TPSA) is 101 Å². The van der Waals surface area contributed by atoms with E-state index in [2.05, 4.69) is 21.8 Å². The SMILES string of the molecule is CCS(=O)(=O)N1CCC([C@@H](C)n2c(C)c(C(=O)NCC3C(=O)N=C(C)C=C3C)c3ccccc32)CC1. The van der Waals surface area contributed by atoms with Crippen LogP contribution in [0, 0.1) is 18.8 Å². The first kappa shape index (κ1) is 26.3. The van der Waals surface area contributed by atoms with E-state index in [0.717, 1.165) is 35.0 Å². The number of nitrogens with one attached hydrogen (secondary N) is 1. The Balaban J connectivity index is 1.57. The number of carbonyl (C=O) groups excluding carboxylic acids is 2. The van der Waals surface area contributed by atoms with Crippen LogP contribution in [0.2, 0.25) is 0 Å². The van der Waals surface area contributed by atoms with Crippen LogP contribution in [0.25, 0.3) is 10.9 Å². The molecular formula is C27H36N4O4S. The number of rotatable bonds is 7. The van der Waals surface area contributed by atoms with E-state index >= 15 is 0 Å². The zero-order valence-electron chi connectivity index (χ0n) is 21.7. The van der Waals surface area contributed by atoms with Crippen LogP contribution in [0.3, 0.4) is 0 Å². The maximum atomic E-state index is 13.4. The molecule has 1 N–H and O–H groups in total. The number of carbonyl (C=O) groups is 2. The Kier molecular flexibility index (Phi) is 7.52. The Hall–Kier alpha value is -2.78. The van der Waals surface area contributed by atoms with Gasteiger partial charge in [-0.3, -0.25) is 9.59 Å². The molecule has 0 aliphatic carbocycles. The van der Waals surface area contributed by atoms with Crippen molar-refractivity contribution in [3.63, 3.8) is 0 Å². The van der Waals surface area contributed by atoms with Crippen molar-refractivity contribution in [2.75, 3.05) is 25.4 Å². The molecule has 2 amide bonds. The van der Waals surface area contributed by atoms with E-state index in [1.165, 1.54) is 0 Å². The second kappa shape index (κ2) is 10.3. The first-order valence-corrected chi connectivity index (χ1v) is 14.3. The summed E-state index contributed by atoms with van der Waals surface area (Å²) in [5.41, 5.74) is 4.07. The Labute approximate surface area is 213 Å². The van der Waals surface area contributed by atoms with Crippen molar-refractivity contribution in [2.45, 2.75) is 53.5 Å². The fourth-order valence-corrected chi connectivity index (χ4v) is 6.80. The zero-order valence-corrected chi connectivity index (χ0v) is 22.6. The predicted molar refractivity (Wildman–Crippen MR) is 143 cm³/mol. The van der Waals surface area contributed by atoms with Crippen LogP contribution in [-0.4, -0.2) is 60.2 Å². The fourth-order valence-electron chi connectivity index (χ4n) is 5.67. The maximum absolute atomic E-state index is 13.4. The molecule has 194 valence electrons. The molecule has 0 radical (unpaired) electrons. The number of aliphatic imine (C=N–C) groups is 1. The van der Waals surface area contributed by atoms with Crippen molar-refractivity contribution in [1.82, 2.24) is 14.2 Å². The number of allylic oxidation sites excluding steroid dienone is 1. The minimum Gasteiger partial charge on any atom is -0.351 e. The summed E-state index contributed by atoms with van der Waals surface area (Å²) in [7, 11) is -3.17.